The lowest BCUT2D eigenvalue weighted by Crippen LogP contribution is -2.15. The van der Waals surface area contributed by atoms with Crippen LogP contribution in [0.3, 0.4) is 0 Å². The van der Waals surface area contributed by atoms with Crippen molar-refractivity contribution in [2.45, 2.75) is 26.2 Å². The summed E-state index contributed by atoms with van der Waals surface area (Å²) < 4.78 is 1.87. The second-order valence-corrected chi connectivity index (χ2v) is 4.60. The third-order valence-electron chi connectivity index (χ3n) is 1.93. The highest BCUT2D eigenvalue weighted by atomic mass is 35.5. The maximum absolute atomic E-state index is 5.81. The number of halogens is 1. The average Bonchev–Trinajstić information content (AvgIpc) is 2.45. The fourth-order valence-electron chi connectivity index (χ4n) is 1.29. The molecule has 0 unspecified atom stereocenters. The largest absolute Gasteiger partial charge is 0.282 e. The molecule has 0 saturated carbocycles. The number of rotatable bonds is 0. The summed E-state index contributed by atoms with van der Waals surface area (Å²) in [7, 11) is 0. The molecule has 0 aliphatic rings. The van der Waals surface area contributed by atoms with Gasteiger partial charge in [0.25, 0.3) is 0 Å². The topological polar surface area (TPSA) is 43.1 Å². The Hall–Kier alpha value is -1.16. The smallest absolute Gasteiger partial charge is 0.179 e. The molecule has 0 aromatic carbocycles. The van der Waals surface area contributed by atoms with Gasteiger partial charge >= 0.3 is 0 Å². The number of aromatic nitrogens is 4. The number of fused-ring (bicyclic) bond motifs is 1. The van der Waals surface area contributed by atoms with Gasteiger partial charge in [0.2, 0.25) is 0 Å². The van der Waals surface area contributed by atoms with Gasteiger partial charge in [0.1, 0.15) is 11.0 Å². The second kappa shape index (κ2) is 2.92. The molecule has 2 heterocycles. The maximum Gasteiger partial charge on any atom is 0.179 e. The molecule has 0 atom stereocenters. The minimum Gasteiger partial charge on any atom is -0.282 e. The van der Waals surface area contributed by atoms with E-state index in [1.807, 2.05) is 4.40 Å². The molecule has 0 aliphatic carbocycles. The zero-order chi connectivity index (χ0) is 10.3. The molecule has 0 aliphatic heterocycles. The van der Waals surface area contributed by atoms with Gasteiger partial charge in [-0.1, -0.05) is 32.4 Å². The monoisotopic (exact) mass is 210 g/mol. The Morgan fingerprint density at radius 1 is 1.29 bits per heavy atom. The molecule has 0 saturated heterocycles. The highest BCUT2D eigenvalue weighted by Gasteiger charge is 2.20. The lowest BCUT2D eigenvalue weighted by atomic mass is 9.96. The first-order valence-electron chi connectivity index (χ1n) is 4.35. The van der Waals surface area contributed by atoms with E-state index in [0.717, 1.165) is 11.5 Å². The molecule has 5 heteroatoms. The molecule has 0 spiro atoms. The SMILES string of the molecule is CC(C)(C)c1nnc2cnc(Cl)cn12. The summed E-state index contributed by atoms with van der Waals surface area (Å²) in [4.78, 5) is 3.94. The third kappa shape index (κ3) is 1.46. The van der Waals surface area contributed by atoms with E-state index in [9.17, 15) is 0 Å². The van der Waals surface area contributed by atoms with Crippen LogP contribution >= 0.6 is 11.6 Å². The van der Waals surface area contributed by atoms with Crippen molar-refractivity contribution in [1.29, 1.82) is 0 Å². The van der Waals surface area contributed by atoms with Crippen molar-refractivity contribution in [3.8, 4) is 0 Å². The van der Waals surface area contributed by atoms with Crippen LogP contribution in [0.25, 0.3) is 5.65 Å². The van der Waals surface area contributed by atoms with Gasteiger partial charge in [0.05, 0.1) is 6.20 Å². The molecule has 0 N–H and O–H groups in total. The van der Waals surface area contributed by atoms with E-state index in [-0.39, 0.29) is 5.41 Å². The maximum atomic E-state index is 5.81. The molecule has 74 valence electrons. The average molecular weight is 211 g/mol. The van der Waals surface area contributed by atoms with Crippen LogP contribution in [0.4, 0.5) is 0 Å². The van der Waals surface area contributed by atoms with Crippen LogP contribution in [0, 0.1) is 0 Å². The fraction of sp³-hybridized carbons (Fsp3) is 0.444. The van der Waals surface area contributed by atoms with Crippen molar-refractivity contribution in [3.05, 3.63) is 23.4 Å². The molecule has 2 rings (SSSR count). The summed E-state index contributed by atoms with van der Waals surface area (Å²) in [5.41, 5.74) is 0.670. The highest BCUT2D eigenvalue weighted by molar-refractivity contribution is 6.29. The van der Waals surface area contributed by atoms with Crippen molar-refractivity contribution in [2.75, 3.05) is 0 Å². The number of hydrogen-bond donors (Lipinski definition) is 0. The van der Waals surface area contributed by atoms with E-state index in [0.29, 0.717) is 5.15 Å². The molecule has 0 fully saturated rings. The number of hydrogen-bond acceptors (Lipinski definition) is 3. The molecule has 2 aromatic rings. The van der Waals surface area contributed by atoms with Crippen LogP contribution in [0.2, 0.25) is 5.15 Å². The van der Waals surface area contributed by atoms with Crippen LogP contribution in [0.5, 0.6) is 0 Å². The molecule has 0 amide bonds. The lowest BCUT2D eigenvalue weighted by Gasteiger charge is -2.15. The van der Waals surface area contributed by atoms with Crippen molar-refractivity contribution in [1.82, 2.24) is 19.6 Å². The Bertz CT molecular complexity index is 469. The Morgan fingerprint density at radius 2 is 2.00 bits per heavy atom. The first-order chi connectivity index (χ1) is 6.48. The molecule has 0 radical (unpaired) electrons. The second-order valence-electron chi connectivity index (χ2n) is 4.21. The lowest BCUT2D eigenvalue weighted by molar-refractivity contribution is 0.538. The zero-order valence-corrected chi connectivity index (χ0v) is 9.08. The van der Waals surface area contributed by atoms with Gasteiger partial charge in [-0.25, -0.2) is 4.98 Å². The molecular formula is C9H11ClN4. The summed E-state index contributed by atoms with van der Waals surface area (Å²) in [5.74, 6) is 0.886. The van der Waals surface area contributed by atoms with Gasteiger partial charge < -0.3 is 0 Å². The molecule has 4 nitrogen and oxygen atoms in total. The van der Waals surface area contributed by atoms with Crippen molar-refractivity contribution in [3.63, 3.8) is 0 Å². The summed E-state index contributed by atoms with van der Waals surface area (Å²) in [6, 6.07) is 0. The molecule has 0 bridgehead atoms. The first-order valence-corrected chi connectivity index (χ1v) is 4.73. The Kier molecular flexibility index (Phi) is 1.96. The molecule has 14 heavy (non-hydrogen) atoms. The van der Waals surface area contributed by atoms with E-state index in [1.165, 1.54) is 0 Å². The van der Waals surface area contributed by atoms with Gasteiger partial charge in [-0.2, -0.15) is 0 Å². The van der Waals surface area contributed by atoms with Crippen LogP contribution in [-0.4, -0.2) is 19.6 Å². The summed E-state index contributed by atoms with van der Waals surface area (Å²) in [6.45, 7) is 6.24. The fourth-order valence-corrected chi connectivity index (χ4v) is 1.44. The molecular weight excluding hydrogens is 200 g/mol. The summed E-state index contributed by atoms with van der Waals surface area (Å²) in [5, 5.41) is 8.59. The molecule has 2 aromatic heterocycles. The normalized spacial score (nSPS) is 12.3. The van der Waals surface area contributed by atoms with E-state index >= 15 is 0 Å². The predicted molar refractivity (Wildman–Crippen MR) is 54.5 cm³/mol. The quantitative estimate of drug-likeness (QED) is 0.669. The minimum atomic E-state index is -0.0515. The number of nitrogens with zero attached hydrogens (tertiary/aromatic N) is 4. The van der Waals surface area contributed by atoms with Gasteiger partial charge in [-0.3, -0.25) is 4.40 Å². The third-order valence-corrected chi connectivity index (χ3v) is 2.13. The standard InChI is InChI=1S/C9H11ClN4/c1-9(2,3)8-13-12-7-4-11-6(10)5-14(7)8/h4-5H,1-3H3. The Morgan fingerprint density at radius 3 is 2.64 bits per heavy atom. The van der Waals surface area contributed by atoms with Crippen LogP contribution in [0.1, 0.15) is 26.6 Å². The van der Waals surface area contributed by atoms with E-state index in [4.69, 9.17) is 11.6 Å². The first kappa shape index (κ1) is 9.40. The van der Waals surface area contributed by atoms with E-state index in [1.54, 1.807) is 12.4 Å². The Labute approximate surface area is 86.9 Å². The minimum absolute atomic E-state index is 0.0515. The van der Waals surface area contributed by atoms with E-state index in [2.05, 4.69) is 36.0 Å². The predicted octanol–water partition coefficient (Wildman–Crippen LogP) is 2.08. The van der Waals surface area contributed by atoms with E-state index < -0.39 is 0 Å². The zero-order valence-electron chi connectivity index (χ0n) is 8.32. The van der Waals surface area contributed by atoms with Crippen molar-refractivity contribution < 1.29 is 0 Å². The Balaban J connectivity index is 2.73. The van der Waals surface area contributed by atoms with Crippen molar-refractivity contribution in [2.24, 2.45) is 0 Å². The van der Waals surface area contributed by atoms with Crippen LogP contribution in [-0.2, 0) is 5.41 Å². The van der Waals surface area contributed by atoms with Crippen molar-refractivity contribution >= 4 is 17.2 Å². The summed E-state index contributed by atoms with van der Waals surface area (Å²) >= 11 is 5.81. The highest BCUT2D eigenvalue weighted by Crippen LogP contribution is 2.21. The van der Waals surface area contributed by atoms with Gasteiger partial charge in [0, 0.05) is 11.6 Å². The van der Waals surface area contributed by atoms with Crippen LogP contribution in [0.15, 0.2) is 12.4 Å². The van der Waals surface area contributed by atoms with Crippen LogP contribution < -0.4 is 0 Å². The van der Waals surface area contributed by atoms with Gasteiger partial charge in [-0.15, -0.1) is 10.2 Å². The van der Waals surface area contributed by atoms with Gasteiger partial charge in [0.15, 0.2) is 5.65 Å². The summed E-state index contributed by atoms with van der Waals surface area (Å²) in [6.07, 6.45) is 3.35. The van der Waals surface area contributed by atoms with Gasteiger partial charge in [-0.05, 0) is 0 Å².